The Morgan fingerprint density at radius 1 is 1.14 bits per heavy atom. The van der Waals surface area contributed by atoms with E-state index in [1.165, 1.54) is 44.2 Å². The van der Waals surface area contributed by atoms with Gasteiger partial charge in [-0.1, -0.05) is 27.2 Å². The first kappa shape index (κ1) is 14.6. The summed E-state index contributed by atoms with van der Waals surface area (Å²) in [5.74, 6) is -0.109. The van der Waals surface area contributed by atoms with Crippen LogP contribution in [0.15, 0.2) is 11.8 Å². The molecule has 2 heterocycles. The lowest BCUT2D eigenvalue weighted by Gasteiger charge is -2.42. The zero-order chi connectivity index (χ0) is 15.6. The summed E-state index contributed by atoms with van der Waals surface area (Å²) >= 11 is 0. The Hall–Kier alpha value is -0.990. The summed E-state index contributed by atoms with van der Waals surface area (Å²) in [5.41, 5.74) is 1.75. The van der Waals surface area contributed by atoms with Crippen LogP contribution in [-0.4, -0.2) is 29.1 Å². The summed E-state index contributed by atoms with van der Waals surface area (Å²) in [6.45, 7) is 8.35. The van der Waals surface area contributed by atoms with E-state index in [4.69, 9.17) is 4.74 Å². The first-order chi connectivity index (χ1) is 10.3. The van der Waals surface area contributed by atoms with Crippen molar-refractivity contribution in [1.82, 2.24) is 4.90 Å². The van der Waals surface area contributed by atoms with Gasteiger partial charge in [-0.2, -0.15) is 0 Å². The number of fused-ring (bicyclic) bond motifs is 2. The van der Waals surface area contributed by atoms with Crippen molar-refractivity contribution in [2.75, 3.05) is 6.54 Å². The summed E-state index contributed by atoms with van der Waals surface area (Å²) < 4.78 is 5.88. The highest BCUT2D eigenvalue weighted by Crippen LogP contribution is 2.56. The van der Waals surface area contributed by atoms with E-state index in [9.17, 15) is 4.79 Å². The molecule has 0 amide bonds. The Morgan fingerprint density at radius 3 is 2.59 bits per heavy atom. The zero-order valence-electron chi connectivity index (χ0n) is 14.3. The molecule has 0 aromatic rings. The molecule has 0 N–H and O–H groups in total. The Kier molecular flexibility index (Phi) is 3.00. The van der Waals surface area contributed by atoms with E-state index in [1.807, 2.05) is 6.08 Å². The SMILES string of the molecule is CC1(C)C[C@@H]2C[C@@](C)(CN2C2=CC(=O)OC23CCCCC3)C1. The third-order valence-electron chi connectivity index (χ3n) is 6.40. The van der Waals surface area contributed by atoms with E-state index in [0.29, 0.717) is 16.9 Å². The fraction of sp³-hybridized carbons (Fsp3) is 0.842. The standard InChI is InChI=1S/C19H29NO2/c1-17(2)10-14-11-18(3,12-17)13-20(14)15-9-16(21)22-19(15)7-5-4-6-8-19/h9,14H,4-8,10-13H2,1-3H3/t14-,18-/m1/s1. The molecule has 4 rings (SSSR count). The molecule has 122 valence electrons. The van der Waals surface area contributed by atoms with Crippen molar-refractivity contribution in [3.05, 3.63) is 11.8 Å². The fourth-order valence-electron chi connectivity index (χ4n) is 6.08. The third kappa shape index (κ3) is 2.19. The summed E-state index contributed by atoms with van der Waals surface area (Å²) in [6.07, 6.45) is 11.3. The molecule has 1 spiro atoms. The molecule has 0 radical (unpaired) electrons. The van der Waals surface area contributed by atoms with E-state index >= 15 is 0 Å². The predicted octanol–water partition coefficient (Wildman–Crippen LogP) is 4.03. The topological polar surface area (TPSA) is 29.5 Å². The maximum absolute atomic E-state index is 12.1. The Balaban J connectivity index is 1.66. The number of carbonyl (C=O) groups is 1. The number of hydrogen-bond donors (Lipinski definition) is 0. The first-order valence-corrected chi connectivity index (χ1v) is 9.03. The van der Waals surface area contributed by atoms with Gasteiger partial charge >= 0.3 is 5.97 Å². The first-order valence-electron chi connectivity index (χ1n) is 9.03. The second kappa shape index (κ2) is 4.52. The molecule has 4 aliphatic rings. The largest absolute Gasteiger partial charge is 0.449 e. The van der Waals surface area contributed by atoms with Gasteiger partial charge < -0.3 is 9.64 Å². The van der Waals surface area contributed by atoms with E-state index < -0.39 is 0 Å². The average molecular weight is 303 g/mol. The van der Waals surface area contributed by atoms with Crippen molar-refractivity contribution >= 4 is 5.97 Å². The minimum Gasteiger partial charge on any atom is -0.449 e. The molecular weight excluding hydrogens is 274 g/mol. The van der Waals surface area contributed by atoms with Crippen LogP contribution >= 0.6 is 0 Å². The molecule has 0 aromatic heterocycles. The Bertz CT molecular complexity index is 530. The van der Waals surface area contributed by atoms with Crippen LogP contribution in [0, 0.1) is 10.8 Å². The van der Waals surface area contributed by atoms with Crippen LogP contribution < -0.4 is 0 Å². The van der Waals surface area contributed by atoms with E-state index in [2.05, 4.69) is 25.7 Å². The van der Waals surface area contributed by atoms with E-state index in [-0.39, 0.29) is 11.6 Å². The molecule has 2 aliphatic heterocycles. The van der Waals surface area contributed by atoms with Crippen molar-refractivity contribution in [3.8, 4) is 0 Å². The number of carbonyl (C=O) groups excluding carboxylic acids is 1. The molecule has 2 bridgehead atoms. The van der Waals surface area contributed by atoms with Gasteiger partial charge in [0, 0.05) is 18.7 Å². The number of nitrogens with zero attached hydrogens (tertiary/aromatic N) is 1. The van der Waals surface area contributed by atoms with Crippen LogP contribution in [0.1, 0.15) is 72.1 Å². The van der Waals surface area contributed by atoms with Gasteiger partial charge in [0.15, 0.2) is 5.60 Å². The fourth-order valence-corrected chi connectivity index (χ4v) is 6.08. The van der Waals surface area contributed by atoms with Crippen LogP contribution in [0.4, 0.5) is 0 Å². The number of hydrogen-bond acceptors (Lipinski definition) is 3. The highest BCUT2D eigenvalue weighted by molar-refractivity contribution is 5.86. The Morgan fingerprint density at radius 2 is 1.86 bits per heavy atom. The number of likely N-dealkylation sites (tertiary alicyclic amines) is 1. The lowest BCUT2D eigenvalue weighted by Crippen LogP contribution is -2.44. The van der Waals surface area contributed by atoms with Gasteiger partial charge in [-0.05, 0) is 55.8 Å². The third-order valence-corrected chi connectivity index (χ3v) is 6.40. The van der Waals surface area contributed by atoms with Crippen LogP contribution in [0.5, 0.6) is 0 Å². The average Bonchev–Trinajstić information content (AvgIpc) is 2.83. The van der Waals surface area contributed by atoms with Crippen molar-refractivity contribution in [2.24, 2.45) is 10.8 Å². The summed E-state index contributed by atoms with van der Waals surface area (Å²) in [5, 5.41) is 0. The predicted molar refractivity (Wildman–Crippen MR) is 86.2 cm³/mol. The quantitative estimate of drug-likeness (QED) is 0.685. The van der Waals surface area contributed by atoms with Gasteiger partial charge in [-0.3, -0.25) is 0 Å². The number of esters is 1. The van der Waals surface area contributed by atoms with Crippen molar-refractivity contribution < 1.29 is 9.53 Å². The molecule has 2 atom stereocenters. The molecule has 2 saturated carbocycles. The molecule has 1 saturated heterocycles. The van der Waals surface area contributed by atoms with Gasteiger partial charge in [0.2, 0.25) is 0 Å². The van der Waals surface area contributed by atoms with Gasteiger partial charge in [0.05, 0.1) is 5.70 Å². The maximum atomic E-state index is 12.1. The van der Waals surface area contributed by atoms with Crippen LogP contribution in [0.3, 0.4) is 0 Å². The number of rotatable bonds is 1. The second-order valence-electron chi connectivity index (χ2n) is 9.35. The van der Waals surface area contributed by atoms with Crippen molar-refractivity contribution in [1.29, 1.82) is 0 Å². The van der Waals surface area contributed by atoms with Crippen molar-refractivity contribution in [2.45, 2.75) is 83.8 Å². The summed E-state index contributed by atoms with van der Waals surface area (Å²) in [7, 11) is 0. The van der Waals surface area contributed by atoms with Gasteiger partial charge in [-0.15, -0.1) is 0 Å². The van der Waals surface area contributed by atoms with Crippen LogP contribution in [0.25, 0.3) is 0 Å². The molecule has 22 heavy (non-hydrogen) atoms. The summed E-state index contributed by atoms with van der Waals surface area (Å²) in [6, 6.07) is 0.591. The molecule has 0 unspecified atom stereocenters. The monoisotopic (exact) mass is 303 g/mol. The lowest BCUT2D eigenvalue weighted by molar-refractivity contribution is -0.149. The summed E-state index contributed by atoms with van der Waals surface area (Å²) in [4.78, 5) is 14.6. The van der Waals surface area contributed by atoms with Crippen molar-refractivity contribution in [3.63, 3.8) is 0 Å². The molecule has 2 aliphatic carbocycles. The molecule has 0 aromatic carbocycles. The van der Waals surface area contributed by atoms with Gasteiger partial charge in [-0.25, -0.2) is 4.79 Å². The molecule has 3 nitrogen and oxygen atoms in total. The maximum Gasteiger partial charge on any atom is 0.333 e. The normalized spacial score (nSPS) is 39.0. The Labute approximate surface area is 134 Å². The van der Waals surface area contributed by atoms with Gasteiger partial charge in [0.25, 0.3) is 0 Å². The minimum absolute atomic E-state index is 0.109. The minimum atomic E-state index is -0.284. The second-order valence-corrected chi connectivity index (χ2v) is 9.35. The smallest absolute Gasteiger partial charge is 0.333 e. The molecule has 3 fully saturated rings. The van der Waals surface area contributed by atoms with Crippen LogP contribution in [-0.2, 0) is 9.53 Å². The molecular formula is C19H29NO2. The van der Waals surface area contributed by atoms with E-state index in [0.717, 1.165) is 19.4 Å². The van der Waals surface area contributed by atoms with Gasteiger partial charge in [0.1, 0.15) is 0 Å². The number of ether oxygens (including phenoxy) is 1. The molecule has 3 heteroatoms. The highest BCUT2D eigenvalue weighted by atomic mass is 16.6. The highest BCUT2D eigenvalue weighted by Gasteiger charge is 2.55. The zero-order valence-corrected chi connectivity index (χ0v) is 14.3. The van der Waals surface area contributed by atoms with E-state index in [1.54, 1.807) is 0 Å². The van der Waals surface area contributed by atoms with Crippen LogP contribution in [0.2, 0.25) is 0 Å². The lowest BCUT2D eigenvalue weighted by atomic mass is 9.65.